The predicted molar refractivity (Wildman–Crippen MR) is 36.6 cm³/mol. The SMILES string of the molecule is NC1=CC[C@@H]2CCCN12. The van der Waals surface area contributed by atoms with E-state index in [0.717, 1.165) is 11.9 Å². The Kier molecular flexibility index (Phi) is 0.949. The topological polar surface area (TPSA) is 29.3 Å². The molecule has 0 aromatic rings. The quantitative estimate of drug-likeness (QED) is 0.514. The van der Waals surface area contributed by atoms with Crippen LogP contribution in [0.2, 0.25) is 0 Å². The maximum absolute atomic E-state index is 5.71. The lowest BCUT2D eigenvalue weighted by Gasteiger charge is -2.18. The van der Waals surface area contributed by atoms with Gasteiger partial charge in [-0.2, -0.15) is 0 Å². The molecule has 2 nitrogen and oxygen atoms in total. The number of fused-ring (bicyclic) bond motifs is 1. The Hall–Kier alpha value is -0.660. The Morgan fingerprint density at radius 1 is 1.67 bits per heavy atom. The van der Waals surface area contributed by atoms with Gasteiger partial charge in [0.05, 0.1) is 5.82 Å². The van der Waals surface area contributed by atoms with Gasteiger partial charge in [0.2, 0.25) is 0 Å². The molecule has 50 valence electrons. The van der Waals surface area contributed by atoms with E-state index in [0.29, 0.717) is 0 Å². The second-order valence-corrected chi connectivity index (χ2v) is 2.85. The molecule has 0 saturated carbocycles. The highest BCUT2D eigenvalue weighted by molar-refractivity contribution is 5.09. The zero-order chi connectivity index (χ0) is 6.27. The van der Waals surface area contributed by atoms with Crippen LogP contribution in [-0.2, 0) is 0 Å². The molecule has 9 heavy (non-hydrogen) atoms. The van der Waals surface area contributed by atoms with E-state index in [-0.39, 0.29) is 0 Å². The number of hydrogen-bond donors (Lipinski definition) is 1. The summed E-state index contributed by atoms with van der Waals surface area (Å²) in [4.78, 5) is 2.32. The van der Waals surface area contributed by atoms with E-state index in [9.17, 15) is 0 Å². The third-order valence-corrected chi connectivity index (χ3v) is 2.31. The summed E-state index contributed by atoms with van der Waals surface area (Å²) in [6, 6.07) is 0.769. The van der Waals surface area contributed by atoms with Gasteiger partial charge in [0, 0.05) is 12.6 Å². The van der Waals surface area contributed by atoms with Gasteiger partial charge in [0.1, 0.15) is 0 Å². The summed E-state index contributed by atoms with van der Waals surface area (Å²) in [6.45, 7) is 1.19. The van der Waals surface area contributed by atoms with Crippen molar-refractivity contribution in [3.05, 3.63) is 11.9 Å². The monoisotopic (exact) mass is 124 g/mol. The van der Waals surface area contributed by atoms with Crippen LogP contribution in [0.3, 0.4) is 0 Å². The van der Waals surface area contributed by atoms with E-state index < -0.39 is 0 Å². The number of rotatable bonds is 0. The third kappa shape index (κ3) is 0.622. The highest BCUT2D eigenvalue weighted by Crippen LogP contribution is 2.27. The summed E-state index contributed by atoms with van der Waals surface area (Å²) >= 11 is 0. The molecule has 2 aliphatic rings. The summed E-state index contributed by atoms with van der Waals surface area (Å²) in [5.41, 5.74) is 5.71. The van der Waals surface area contributed by atoms with E-state index in [2.05, 4.69) is 11.0 Å². The van der Waals surface area contributed by atoms with Gasteiger partial charge in [-0.1, -0.05) is 0 Å². The van der Waals surface area contributed by atoms with E-state index >= 15 is 0 Å². The molecular formula is C7H12N2. The smallest absolute Gasteiger partial charge is 0.0948 e. The van der Waals surface area contributed by atoms with Gasteiger partial charge < -0.3 is 10.6 Å². The molecule has 0 bridgehead atoms. The normalized spacial score (nSPS) is 32.7. The van der Waals surface area contributed by atoms with Crippen molar-refractivity contribution in [2.75, 3.05) is 6.54 Å². The largest absolute Gasteiger partial charge is 0.386 e. The fraction of sp³-hybridized carbons (Fsp3) is 0.714. The Morgan fingerprint density at radius 2 is 2.56 bits per heavy atom. The second kappa shape index (κ2) is 1.66. The summed E-state index contributed by atoms with van der Waals surface area (Å²) in [5.74, 6) is 1.01. The molecule has 0 aromatic heterocycles. The highest BCUT2D eigenvalue weighted by atomic mass is 15.2. The molecule has 2 rings (SSSR count). The predicted octanol–water partition coefficient (Wildman–Crippen LogP) is 0.655. The first-order chi connectivity index (χ1) is 4.38. The van der Waals surface area contributed by atoms with Crippen LogP contribution in [-0.4, -0.2) is 17.5 Å². The molecule has 0 spiro atoms. The van der Waals surface area contributed by atoms with Gasteiger partial charge in [0.15, 0.2) is 0 Å². The van der Waals surface area contributed by atoms with Gasteiger partial charge in [-0.25, -0.2) is 0 Å². The van der Waals surface area contributed by atoms with Gasteiger partial charge in [-0.3, -0.25) is 0 Å². The van der Waals surface area contributed by atoms with Gasteiger partial charge in [0.25, 0.3) is 0 Å². The van der Waals surface area contributed by atoms with Crippen molar-refractivity contribution in [3.8, 4) is 0 Å². The number of nitrogens with two attached hydrogens (primary N) is 1. The van der Waals surface area contributed by atoms with E-state index in [4.69, 9.17) is 5.73 Å². The zero-order valence-corrected chi connectivity index (χ0v) is 5.51. The highest BCUT2D eigenvalue weighted by Gasteiger charge is 2.28. The van der Waals surface area contributed by atoms with Crippen LogP contribution in [0, 0.1) is 0 Å². The molecule has 1 fully saturated rings. The van der Waals surface area contributed by atoms with Crippen molar-refractivity contribution < 1.29 is 0 Å². The summed E-state index contributed by atoms with van der Waals surface area (Å²) in [5, 5.41) is 0. The second-order valence-electron chi connectivity index (χ2n) is 2.85. The maximum atomic E-state index is 5.71. The molecule has 2 heterocycles. The van der Waals surface area contributed by atoms with Crippen molar-refractivity contribution in [2.24, 2.45) is 5.73 Å². The summed E-state index contributed by atoms with van der Waals surface area (Å²) in [7, 11) is 0. The first-order valence-electron chi connectivity index (χ1n) is 3.60. The Morgan fingerprint density at radius 3 is 3.33 bits per heavy atom. The van der Waals surface area contributed by atoms with Gasteiger partial charge >= 0.3 is 0 Å². The molecule has 0 amide bonds. The molecule has 1 saturated heterocycles. The minimum Gasteiger partial charge on any atom is -0.386 e. The molecule has 0 aromatic carbocycles. The van der Waals surface area contributed by atoms with Crippen molar-refractivity contribution >= 4 is 0 Å². The van der Waals surface area contributed by atoms with Crippen molar-refractivity contribution in [1.29, 1.82) is 0 Å². The molecule has 2 N–H and O–H groups in total. The lowest BCUT2D eigenvalue weighted by molar-refractivity contribution is 0.349. The third-order valence-electron chi connectivity index (χ3n) is 2.31. The number of nitrogens with zero attached hydrogens (tertiary/aromatic N) is 1. The fourth-order valence-corrected chi connectivity index (χ4v) is 1.79. The standard InChI is InChI=1S/C7H12N2/c8-7-4-3-6-2-1-5-9(6)7/h4,6H,1-3,5,8H2/t6-/m0/s1. The van der Waals surface area contributed by atoms with Gasteiger partial charge in [-0.15, -0.1) is 0 Å². The van der Waals surface area contributed by atoms with Crippen LogP contribution in [0.4, 0.5) is 0 Å². The molecular weight excluding hydrogens is 112 g/mol. The Labute approximate surface area is 55.3 Å². The van der Waals surface area contributed by atoms with Crippen molar-refractivity contribution in [1.82, 2.24) is 4.90 Å². The Balaban J connectivity index is 2.16. The molecule has 2 heteroatoms. The minimum atomic E-state index is 0.769. The summed E-state index contributed by atoms with van der Waals surface area (Å²) in [6.07, 6.45) is 6.01. The van der Waals surface area contributed by atoms with Crippen LogP contribution < -0.4 is 5.73 Å². The average Bonchev–Trinajstić information content (AvgIpc) is 2.35. The minimum absolute atomic E-state index is 0.769. The lowest BCUT2D eigenvalue weighted by Crippen LogP contribution is -2.26. The van der Waals surface area contributed by atoms with Crippen molar-refractivity contribution in [3.63, 3.8) is 0 Å². The van der Waals surface area contributed by atoms with Crippen LogP contribution in [0.1, 0.15) is 19.3 Å². The van der Waals surface area contributed by atoms with E-state index in [1.54, 1.807) is 0 Å². The molecule has 1 atom stereocenters. The molecule has 2 aliphatic heterocycles. The maximum Gasteiger partial charge on any atom is 0.0948 e. The van der Waals surface area contributed by atoms with Crippen LogP contribution in [0.25, 0.3) is 0 Å². The summed E-state index contributed by atoms with van der Waals surface area (Å²) < 4.78 is 0. The molecule has 0 aliphatic carbocycles. The Bertz CT molecular complexity index is 151. The fourth-order valence-electron chi connectivity index (χ4n) is 1.79. The van der Waals surface area contributed by atoms with Crippen LogP contribution >= 0.6 is 0 Å². The van der Waals surface area contributed by atoms with Crippen LogP contribution in [0.5, 0.6) is 0 Å². The lowest BCUT2D eigenvalue weighted by atomic mass is 10.2. The van der Waals surface area contributed by atoms with Crippen molar-refractivity contribution in [2.45, 2.75) is 25.3 Å². The van der Waals surface area contributed by atoms with Gasteiger partial charge in [-0.05, 0) is 25.3 Å². The zero-order valence-electron chi connectivity index (χ0n) is 5.51. The molecule has 0 radical (unpaired) electrons. The first kappa shape index (κ1) is 5.15. The van der Waals surface area contributed by atoms with E-state index in [1.165, 1.54) is 25.8 Å². The average molecular weight is 124 g/mol. The first-order valence-corrected chi connectivity index (χ1v) is 3.60. The van der Waals surface area contributed by atoms with Crippen LogP contribution in [0.15, 0.2) is 11.9 Å². The van der Waals surface area contributed by atoms with E-state index in [1.807, 2.05) is 0 Å². The number of hydrogen-bond acceptors (Lipinski definition) is 2. The molecule has 0 unspecified atom stereocenters.